The molecule has 2 atom stereocenters. The molecule has 0 saturated heterocycles. The molecule has 1 saturated carbocycles. The third-order valence-electron chi connectivity index (χ3n) is 4.05. The van der Waals surface area contributed by atoms with E-state index in [1.165, 1.54) is 6.92 Å². The molecule has 1 fully saturated rings. The standard InChI is InChI=1S/C14H12N2O4S/c1-2-21(17,18)13-12(14(13,6-15)7-16)9-3-4-10-11(5-9)20-8-19-10/h3-5,12-13H,2,8H2,1H3/t12-,13-/m1/s1. The van der Waals surface area contributed by atoms with E-state index in [0.29, 0.717) is 17.1 Å². The van der Waals surface area contributed by atoms with Gasteiger partial charge in [0, 0.05) is 11.7 Å². The topological polar surface area (TPSA) is 100 Å². The quantitative estimate of drug-likeness (QED) is 0.835. The second-order valence-corrected chi connectivity index (χ2v) is 7.47. The Morgan fingerprint density at radius 3 is 2.57 bits per heavy atom. The first-order chi connectivity index (χ1) is 10.00. The number of fused-ring (bicyclic) bond motifs is 1. The maximum atomic E-state index is 12.2. The average Bonchev–Trinajstić information content (AvgIpc) is 2.98. The molecule has 0 unspecified atom stereocenters. The molecule has 0 radical (unpaired) electrons. The van der Waals surface area contributed by atoms with Gasteiger partial charge in [0.1, 0.15) is 5.25 Å². The van der Waals surface area contributed by atoms with E-state index >= 15 is 0 Å². The maximum absolute atomic E-state index is 12.2. The molecule has 0 amide bonds. The van der Waals surface area contributed by atoms with Crippen LogP contribution in [0.25, 0.3) is 0 Å². The Bertz CT molecular complexity index is 774. The second-order valence-electron chi connectivity index (χ2n) is 5.06. The lowest BCUT2D eigenvalue weighted by Crippen LogP contribution is -2.15. The van der Waals surface area contributed by atoms with Crippen molar-refractivity contribution in [3.8, 4) is 23.6 Å². The average molecular weight is 304 g/mol. The number of benzene rings is 1. The minimum Gasteiger partial charge on any atom is -0.454 e. The molecule has 3 rings (SSSR count). The van der Waals surface area contributed by atoms with E-state index in [9.17, 15) is 18.9 Å². The minimum atomic E-state index is -3.49. The lowest BCUT2D eigenvalue weighted by molar-refractivity contribution is 0.174. The summed E-state index contributed by atoms with van der Waals surface area (Å²) in [5.74, 6) is 0.349. The molecular formula is C14H12N2O4S. The van der Waals surface area contributed by atoms with E-state index in [-0.39, 0.29) is 12.5 Å². The van der Waals surface area contributed by atoms with Gasteiger partial charge in [-0.3, -0.25) is 0 Å². The number of hydrogen-bond donors (Lipinski definition) is 0. The van der Waals surface area contributed by atoms with Crippen LogP contribution in [-0.4, -0.2) is 26.2 Å². The Morgan fingerprint density at radius 1 is 1.29 bits per heavy atom. The smallest absolute Gasteiger partial charge is 0.231 e. The van der Waals surface area contributed by atoms with Crippen molar-refractivity contribution in [1.29, 1.82) is 10.5 Å². The van der Waals surface area contributed by atoms with Gasteiger partial charge in [-0.15, -0.1) is 0 Å². The van der Waals surface area contributed by atoms with E-state index in [1.807, 2.05) is 12.1 Å². The molecule has 0 bridgehead atoms. The van der Waals surface area contributed by atoms with Crippen molar-refractivity contribution in [2.24, 2.45) is 5.41 Å². The first kappa shape index (κ1) is 13.7. The summed E-state index contributed by atoms with van der Waals surface area (Å²) in [6.45, 7) is 1.63. The molecule has 1 heterocycles. The highest BCUT2D eigenvalue weighted by molar-refractivity contribution is 7.92. The number of hydrogen-bond acceptors (Lipinski definition) is 6. The summed E-state index contributed by atoms with van der Waals surface area (Å²) in [4.78, 5) is 0. The summed E-state index contributed by atoms with van der Waals surface area (Å²) in [5, 5.41) is 17.7. The highest BCUT2D eigenvalue weighted by Crippen LogP contribution is 2.63. The van der Waals surface area contributed by atoms with Crippen molar-refractivity contribution in [2.45, 2.75) is 18.1 Å². The highest BCUT2D eigenvalue weighted by Gasteiger charge is 2.72. The highest BCUT2D eigenvalue weighted by atomic mass is 32.2. The predicted octanol–water partition coefficient (Wildman–Crippen LogP) is 1.35. The first-order valence-electron chi connectivity index (χ1n) is 6.44. The number of ether oxygens (including phenoxy) is 2. The van der Waals surface area contributed by atoms with Crippen LogP contribution < -0.4 is 9.47 Å². The van der Waals surface area contributed by atoms with Crippen molar-refractivity contribution in [3.63, 3.8) is 0 Å². The monoisotopic (exact) mass is 304 g/mol. The Labute approximate surface area is 122 Å². The summed E-state index contributed by atoms with van der Waals surface area (Å²) in [6, 6.07) is 8.81. The van der Waals surface area contributed by atoms with E-state index < -0.39 is 26.4 Å². The van der Waals surface area contributed by atoms with E-state index in [2.05, 4.69) is 0 Å². The summed E-state index contributed by atoms with van der Waals surface area (Å²) < 4.78 is 34.8. The van der Waals surface area contributed by atoms with Gasteiger partial charge in [-0.1, -0.05) is 13.0 Å². The number of rotatable bonds is 3. The van der Waals surface area contributed by atoms with Crippen LogP contribution in [0.1, 0.15) is 18.4 Å². The van der Waals surface area contributed by atoms with Crippen LogP contribution in [-0.2, 0) is 9.84 Å². The number of sulfone groups is 1. The Hall–Kier alpha value is -2.25. The molecule has 0 aromatic heterocycles. The fourth-order valence-corrected chi connectivity index (χ4v) is 4.75. The lowest BCUT2D eigenvalue weighted by atomic mass is 10.0. The van der Waals surface area contributed by atoms with Crippen LogP contribution in [0.4, 0.5) is 0 Å². The summed E-state index contributed by atoms with van der Waals surface area (Å²) in [6.07, 6.45) is 0. The normalized spacial score (nSPS) is 24.9. The summed E-state index contributed by atoms with van der Waals surface area (Å²) >= 11 is 0. The van der Waals surface area contributed by atoms with Gasteiger partial charge in [0.15, 0.2) is 26.8 Å². The third-order valence-corrected chi connectivity index (χ3v) is 6.27. The first-order valence-corrected chi connectivity index (χ1v) is 8.15. The van der Waals surface area contributed by atoms with Crippen LogP contribution in [0.3, 0.4) is 0 Å². The number of nitriles is 2. The Kier molecular flexibility index (Phi) is 2.86. The maximum Gasteiger partial charge on any atom is 0.231 e. The SMILES string of the molecule is CCS(=O)(=O)[C@@H]1[C@@H](c2ccc3c(c2)OCO3)C1(C#N)C#N. The van der Waals surface area contributed by atoms with Crippen molar-refractivity contribution < 1.29 is 17.9 Å². The van der Waals surface area contributed by atoms with Crippen molar-refractivity contribution in [3.05, 3.63) is 23.8 Å². The molecule has 0 spiro atoms. The van der Waals surface area contributed by atoms with Crippen LogP contribution in [0, 0.1) is 28.1 Å². The van der Waals surface area contributed by atoms with Gasteiger partial charge in [0.25, 0.3) is 0 Å². The number of nitrogens with zero attached hydrogens (tertiary/aromatic N) is 2. The predicted molar refractivity (Wildman–Crippen MR) is 72.2 cm³/mol. The Morgan fingerprint density at radius 2 is 1.95 bits per heavy atom. The Balaban J connectivity index is 2.06. The molecule has 1 aromatic rings. The zero-order chi connectivity index (χ0) is 15.3. The van der Waals surface area contributed by atoms with Crippen molar-refractivity contribution in [1.82, 2.24) is 0 Å². The molecular weight excluding hydrogens is 292 g/mol. The van der Waals surface area contributed by atoms with Gasteiger partial charge >= 0.3 is 0 Å². The summed E-state index contributed by atoms with van der Waals surface area (Å²) in [7, 11) is -3.49. The van der Waals surface area contributed by atoms with Crippen LogP contribution in [0.2, 0.25) is 0 Å². The molecule has 7 heteroatoms. The molecule has 21 heavy (non-hydrogen) atoms. The van der Waals surface area contributed by atoms with E-state index in [4.69, 9.17) is 9.47 Å². The molecule has 108 valence electrons. The molecule has 0 N–H and O–H groups in total. The molecule has 1 aliphatic heterocycles. The van der Waals surface area contributed by atoms with Gasteiger partial charge in [-0.2, -0.15) is 10.5 Å². The van der Waals surface area contributed by atoms with Gasteiger partial charge in [0.05, 0.1) is 12.1 Å². The lowest BCUT2D eigenvalue weighted by Gasteiger charge is -2.02. The molecule has 1 aromatic carbocycles. The van der Waals surface area contributed by atoms with Gasteiger partial charge < -0.3 is 9.47 Å². The fraction of sp³-hybridized carbons (Fsp3) is 0.429. The van der Waals surface area contributed by atoms with Gasteiger partial charge in [-0.05, 0) is 17.7 Å². The molecule has 6 nitrogen and oxygen atoms in total. The van der Waals surface area contributed by atoms with Gasteiger partial charge in [-0.25, -0.2) is 8.42 Å². The van der Waals surface area contributed by atoms with E-state index in [0.717, 1.165) is 0 Å². The largest absolute Gasteiger partial charge is 0.454 e. The van der Waals surface area contributed by atoms with Crippen LogP contribution >= 0.6 is 0 Å². The zero-order valence-corrected chi connectivity index (χ0v) is 12.1. The third kappa shape index (κ3) is 1.78. The van der Waals surface area contributed by atoms with Gasteiger partial charge in [0.2, 0.25) is 6.79 Å². The molecule has 1 aliphatic carbocycles. The zero-order valence-electron chi connectivity index (χ0n) is 11.2. The van der Waals surface area contributed by atoms with Crippen LogP contribution in [0.5, 0.6) is 11.5 Å². The fourth-order valence-electron chi connectivity index (χ4n) is 2.86. The summed E-state index contributed by atoms with van der Waals surface area (Å²) in [5.41, 5.74) is -0.896. The molecule has 2 aliphatic rings. The second kappa shape index (κ2) is 4.37. The minimum absolute atomic E-state index is 0.0934. The van der Waals surface area contributed by atoms with E-state index in [1.54, 1.807) is 18.2 Å². The van der Waals surface area contributed by atoms with Crippen LogP contribution in [0.15, 0.2) is 18.2 Å². The van der Waals surface area contributed by atoms with Crippen molar-refractivity contribution in [2.75, 3.05) is 12.5 Å². The van der Waals surface area contributed by atoms with Crippen molar-refractivity contribution >= 4 is 9.84 Å².